The van der Waals surface area contributed by atoms with Crippen LogP contribution in [0.25, 0.3) is 0 Å². The third-order valence-electron chi connectivity index (χ3n) is 3.63. The van der Waals surface area contributed by atoms with E-state index in [1.165, 1.54) is 12.8 Å². The lowest BCUT2D eigenvalue weighted by molar-refractivity contribution is 0.0934. The molecule has 5 heteroatoms. The second kappa shape index (κ2) is 8.88. The summed E-state index contributed by atoms with van der Waals surface area (Å²) in [5.74, 6) is 0.486. The largest absolute Gasteiger partial charge is 0.369 e. The van der Waals surface area contributed by atoms with Gasteiger partial charge in [-0.3, -0.25) is 4.79 Å². The molecule has 23 heavy (non-hydrogen) atoms. The summed E-state index contributed by atoms with van der Waals surface area (Å²) in [4.78, 5) is 12.2. The maximum atomic E-state index is 12.2. The lowest BCUT2D eigenvalue weighted by Gasteiger charge is -2.13. The van der Waals surface area contributed by atoms with E-state index in [0.717, 1.165) is 18.5 Å². The molecule has 1 atom stereocenters. The highest BCUT2D eigenvalue weighted by molar-refractivity contribution is 5.92. The van der Waals surface area contributed by atoms with Gasteiger partial charge in [-0.05, 0) is 31.0 Å². The molecule has 1 aromatic heterocycles. The molecular weight excluding hydrogens is 288 g/mol. The zero-order valence-corrected chi connectivity index (χ0v) is 13.7. The summed E-state index contributed by atoms with van der Waals surface area (Å²) in [6.07, 6.45) is 3.49. The first-order valence-corrected chi connectivity index (χ1v) is 8.14. The minimum absolute atomic E-state index is 0.0719. The number of anilines is 1. The van der Waals surface area contributed by atoms with Gasteiger partial charge in [0.25, 0.3) is 5.91 Å². The molecule has 0 radical (unpaired) electrons. The molecule has 122 valence electrons. The molecule has 0 spiro atoms. The Morgan fingerprint density at radius 3 is 2.52 bits per heavy atom. The molecule has 0 fully saturated rings. The van der Waals surface area contributed by atoms with Crippen LogP contribution in [0.2, 0.25) is 0 Å². The van der Waals surface area contributed by atoms with Crippen molar-refractivity contribution in [3.05, 3.63) is 53.7 Å². The van der Waals surface area contributed by atoms with Crippen LogP contribution in [0.4, 0.5) is 5.82 Å². The van der Waals surface area contributed by atoms with Crippen molar-refractivity contribution in [2.45, 2.75) is 39.2 Å². The fourth-order valence-electron chi connectivity index (χ4n) is 2.23. The molecule has 5 nitrogen and oxygen atoms in total. The molecule has 0 aliphatic carbocycles. The summed E-state index contributed by atoms with van der Waals surface area (Å²) < 4.78 is 0. The maximum Gasteiger partial charge on any atom is 0.272 e. The number of hydrogen-bond acceptors (Lipinski definition) is 4. The Morgan fingerprint density at radius 1 is 1.09 bits per heavy atom. The summed E-state index contributed by atoms with van der Waals surface area (Å²) in [7, 11) is 0. The summed E-state index contributed by atoms with van der Waals surface area (Å²) in [5.41, 5.74) is 1.38. The van der Waals surface area contributed by atoms with E-state index in [4.69, 9.17) is 0 Å². The summed E-state index contributed by atoms with van der Waals surface area (Å²) >= 11 is 0. The summed E-state index contributed by atoms with van der Waals surface area (Å²) in [6.45, 7) is 4.99. The Hall–Kier alpha value is -2.43. The zero-order valence-electron chi connectivity index (χ0n) is 13.7. The highest BCUT2D eigenvalue weighted by Gasteiger charge is 2.12. The van der Waals surface area contributed by atoms with Crippen LogP contribution in [0.3, 0.4) is 0 Å². The van der Waals surface area contributed by atoms with Crippen LogP contribution < -0.4 is 10.6 Å². The number of rotatable bonds is 8. The van der Waals surface area contributed by atoms with Crippen LogP contribution >= 0.6 is 0 Å². The van der Waals surface area contributed by atoms with Crippen molar-refractivity contribution in [3.8, 4) is 0 Å². The van der Waals surface area contributed by atoms with Crippen molar-refractivity contribution in [1.82, 2.24) is 15.5 Å². The van der Waals surface area contributed by atoms with Crippen LogP contribution in [0, 0.1) is 0 Å². The lowest BCUT2D eigenvalue weighted by atomic mass is 10.1. The van der Waals surface area contributed by atoms with E-state index < -0.39 is 0 Å². The minimum Gasteiger partial charge on any atom is -0.369 e. The average Bonchev–Trinajstić information content (AvgIpc) is 2.60. The number of unbranched alkanes of at least 4 members (excludes halogenated alkanes) is 2. The molecule has 1 amide bonds. The van der Waals surface area contributed by atoms with Crippen LogP contribution in [0.5, 0.6) is 0 Å². The van der Waals surface area contributed by atoms with Gasteiger partial charge < -0.3 is 10.6 Å². The van der Waals surface area contributed by atoms with Crippen LogP contribution in [0.15, 0.2) is 42.5 Å². The summed E-state index contributed by atoms with van der Waals surface area (Å²) in [6, 6.07) is 13.3. The van der Waals surface area contributed by atoms with E-state index in [2.05, 4.69) is 27.8 Å². The maximum absolute atomic E-state index is 12.2. The van der Waals surface area contributed by atoms with Crippen molar-refractivity contribution in [3.63, 3.8) is 0 Å². The second-order valence-corrected chi connectivity index (χ2v) is 5.54. The SMILES string of the molecule is CCCCCNc1ccc(C(=O)NC(C)c2ccccc2)nn1. The third-order valence-corrected chi connectivity index (χ3v) is 3.63. The first-order chi connectivity index (χ1) is 11.2. The number of carbonyl (C=O) groups excluding carboxylic acids is 1. The third kappa shape index (κ3) is 5.36. The number of aromatic nitrogens is 2. The standard InChI is InChI=1S/C18H24N4O/c1-3-4-8-13-19-17-12-11-16(21-22-17)18(23)20-14(2)15-9-6-5-7-10-15/h5-7,9-12,14H,3-4,8,13H2,1-2H3,(H,19,22)(H,20,23). The van der Waals surface area contributed by atoms with E-state index in [0.29, 0.717) is 11.5 Å². The number of benzene rings is 1. The van der Waals surface area contributed by atoms with Gasteiger partial charge in [0.05, 0.1) is 6.04 Å². The van der Waals surface area contributed by atoms with Crippen molar-refractivity contribution in [2.24, 2.45) is 0 Å². The first kappa shape index (κ1) is 16.9. The number of nitrogens with zero attached hydrogens (tertiary/aromatic N) is 2. The van der Waals surface area contributed by atoms with Crippen molar-refractivity contribution in [1.29, 1.82) is 0 Å². The molecule has 1 unspecified atom stereocenters. The Kier molecular flexibility index (Phi) is 6.54. The van der Waals surface area contributed by atoms with Crippen LogP contribution in [0.1, 0.15) is 55.2 Å². The van der Waals surface area contributed by atoms with Gasteiger partial charge in [-0.2, -0.15) is 0 Å². The molecule has 0 aliphatic heterocycles. The molecule has 0 saturated heterocycles. The Bertz CT molecular complexity index is 598. The van der Waals surface area contributed by atoms with Gasteiger partial charge in [-0.15, -0.1) is 10.2 Å². The highest BCUT2D eigenvalue weighted by atomic mass is 16.2. The van der Waals surface area contributed by atoms with E-state index in [1.807, 2.05) is 37.3 Å². The number of nitrogens with one attached hydrogen (secondary N) is 2. The molecule has 0 aliphatic rings. The van der Waals surface area contributed by atoms with Crippen LogP contribution in [-0.2, 0) is 0 Å². The fourth-order valence-corrected chi connectivity index (χ4v) is 2.23. The Morgan fingerprint density at radius 2 is 1.87 bits per heavy atom. The normalized spacial score (nSPS) is 11.7. The highest BCUT2D eigenvalue weighted by Crippen LogP contribution is 2.12. The minimum atomic E-state index is -0.216. The van der Waals surface area contributed by atoms with E-state index in [-0.39, 0.29) is 11.9 Å². The number of hydrogen-bond donors (Lipinski definition) is 2. The molecular formula is C18H24N4O. The fraction of sp³-hybridized carbons (Fsp3) is 0.389. The lowest BCUT2D eigenvalue weighted by Crippen LogP contribution is -2.27. The molecule has 1 aromatic carbocycles. The number of carbonyl (C=O) groups is 1. The van der Waals surface area contributed by atoms with Gasteiger partial charge in [-0.1, -0.05) is 50.1 Å². The monoisotopic (exact) mass is 312 g/mol. The zero-order chi connectivity index (χ0) is 16.5. The quantitative estimate of drug-likeness (QED) is 0.731. The molecule has 0 bridgehead atoms. The van der Waals surface area contributed by atoms with E-state index in [9.17, 15) is 4.79 Å². The Balaban J connectivity index is 1.87. The second-order valence-electron chi connectivity index (χ2n) is 5.54. The van der Waals surface area contributed by atoms with Gasteiger partial charge in [0.1, 0.15) is 5.82 Å². The Labute approximate surface area is 137 Å². The van der Waals surface area contributed by atoms with Gasteiger partial charge in [0.15, 0.2) is 5.69 Å². The van der Waals surface area contributed by atoms with Gasteiger partial charge >= 0.3 is 0 Å². The van der Waals surface area contributed by atoms with Gasteiger partial charge in [0.2, 0.25) is 0 Å². The molecule has 2 N–H and O–H groups in total. The van der Waals surface area contributed by atoms with Crippen LogP contribution in [-0.4, -0.2) is 22.6 Å². The van der Waals surface area contributed by atoms with E-state index in [1.54, 1.807) is 12.1 Å². The van der Waals surface area contributed by atoms with Crippen molar-refractivity contribution < 1.29 is 4.79 Å². The predicted octanol–water partition coefficient (Wildman–Crippen LogP) is 3.57. The van der Waals surface area contributed by atoms with Crippen molar-refractivity contribution >= 4 is 11.7 Å². The molecule has 2 rings (SSSR count). The first-order valence-electron chi connectivity index (χ1n) is 8.14. The smallest absolute Gasteiger partial charge is 0.272 e. The topological polar surface area (TPSA) is 66.9 Å². The molecule has 0 saturated carbocycles. The predicted molar refractivity (Wildman–Crippen MR) is 92.4 cm³/mol. The summed E-state index contributed by atoms with van der Waals surface area (Å²) in [5, 5.41) is 14.2. The number of amides is 1. The van der Waals surface area contributed by atoms with Gasteiger partial charge in [0, 0.05) is 6.54 Å². The van der Waals surface area contributed by atoms with E-state index >= 15 is 0 Å². The average molecular weight is 312 g/mol. The molecule has 2 aromatic rings. The molecule has 1 heterocycles. The van der Waals surface area contributed by atoms with Gasteiger partial charge in [-0.25, -0.2) is 0 Å². The van der Waals surface area contributed by atoms with Crippen molar-refractivity contribution in [2.75, 3.05) is 11.9 Å².